The smallest absolute Gasteiger partial charge is 0.261 e. The lowest BCUT2D eigenvalue weighted by molar-refractivity contribution is -0.128. The van der Waals surface area contributed by atoms with Crippen LogP contribution in [-0.4, -0.2) is 26.2 Å². The predicted octanol–water partition coefficient (Wildman–Crippen LogP) is 4.89. The first-order valence-electron chi connectivity index (χ1n) is 9.74. The Morgan fingerprint density at radius 3 is 2.45 bits per heavy atom. The zero-order chi connectivity index (χ0) is 20.8. The van der Waals surface area contributed by atoms with E-state index in [1.807, 2.05) is 74.5 Å². The molecule has 5 nitrogen and oxygen atoms in total. The number of ether oxygens (including phenoxy) is 3. The summed E-state index contributed by atoms with van der Waals surface area (Å²) in [4.78, 5) is 12.9. The Kier molecular flexibility index (Phi) is 6.60. The van der Waals surface area contributed by atoms with E-state index in [9.17, 15) is 4.79 Å². The highest BCUT2D eigenvalue weighted by atomic mass is 16.5. The second-order valence-electron chi connectivity index (χ2n) is 6.83. The molecule has 5 heteroatoms. The molecule has 2 unspecified atom stereocenters. The number of rotatable bonds is 8. The van der Waals surface area contributed by atoms with Crippen LogP contribution in [0.2, 0.25) is 0 Å². The number of carbonyl (C=O) groups is 1. The Morgan fingerprint density at radius 2 is 1.72 bits per heavy atom. The van der Waals surface area contributed by atoms with Gasteiger partial charge in [-0.15, -0.1) is 0 Å². The molecule has 3 aromatic carbocycles. The first-order valence-corrected chi connectivity index (χ1v) is 9.74. The maximum absolute atomic E-state index is 12.9. The van der Waals surface area contributed by atoms with Gasteiger partial charge in [0.1, 0.15) is 17.2 Å². The lowest BCUT2D eigenvalue weighted by Gasteiger charge is -2.22. The summed E-state index contributed by atoms with van der Waals surface area (Å²) in [6.45, 7) is 3.85. The fraction of sp³-hybridized carbons (Fsp3) is 0.292. The minimum absolute atomic E-state index is 0.169. The van der Waals surface area contributed by atoms with Crippen molar-refractivity contribution in [2.75, 3.05) is 14.2 Å². The summed E-state index contributed by atoms with van der Waals surface area (Å²) in [7, 11) is 3.22. The van der Waals surface area contributed by atoms with E-state index in [0.717, 1.165) is 16.3 Å². The Labute approximate surface area is 171 Å². The number of fused-ring (bicyclic) bond motifs is 1. The topological polar surface area (TPSA) is 56.8 Å². The van der Waals surface area contributed by atoms with Gasteiger partial charge in [0.05, 0.1) is 20.3 Å². The normalized spacial score (nSPS) is 12.8. The molecular formula is C24H27NO4. The van der Waals surface area contributed by atoms with Crippen molar-refractivity contribution in [3.05, 3.63) is 66.2 Å². The summed E-state index contributed by atoms with van der Waals surface area (Å²) in [5.41, 5.74) is 0.847. The van der Waals surface area contributed by atoms with Crippen LogP contribution in [0.5, 0.6) is 17.2 Å². The van der Waals surface area contributed by atoms with Crippen molar-refractivity contribution < 1.29 is 19.0 Å². The third-order valence-electron chi connectivity index (χ3n) is 4.94. The molecule has 3 aromatic rings. The fourth-order valence-corrected chi connectivity index (χ4v) is 3.34. The molecule has 1 N–H and O–H groups in total. The zero-order valence-corrected chi connectivity index (χ0v) is 17.3. The summed E-state index contributed by atoms with van der Waals surface area (Å²) in [6, 6.07) is 19.1. The second-order valence-corrected chi connectivity index (χ2v) is 6.83. The van der Waals surface area contributed by atoms with E-state index >= 15 is 0 Å². The van der Waals surface area contributed by atoms with E-state index in [1.54, 1.807) is 14.2 Å². The number of hydrogen-bond acceptors (Lipinski definition) is 4. The van der Waals surface area contributed by atoms with E-state index < -0.39 is 6.10 Å². The maximum atomic E-state index is 12.9. The molecule has 0 saturated heterocycles. The van der Waals surface area contributed by atoms with Crippen molar-refractivity contribution >= 4 is 16.7 Å². The molecular weight excluding hydrogens is 366 g/mol. The van der Waals surface area contributed by atoms with Crippen LogP contribution in [-0.2, 0) is 4.79 Å². The first-order chi connectivity index (χ1) is 14.1. The van der Waals surface area contributed by atoms with Crippen molar-refractivity contribution in [2.24, 2.45) is 0 Å². The van der Waals surface area contributed by atoms with E-state index in [2.05, 4.69) is 5.32 Å². The monoisotopic (exact) mass is 393 g/mol. The third kappa shape index (κ3) is 4.62. The molecule has 0 saturated carbocycles. The van der Waals surface area contributed by atoms with Gasteiger partial charge in [-0.1, -0.05) is 43.3 Å². The number of nitrogens with one attached hydrogen (secondary N) is 1. The molecule has 152 valence electrons. The summed E-state index contributed by atoms with van der Waals surface area (Å²) in [6.07, 6.45) is -0.0448. The third-order valence-corrected chi connectivity index (χ3v) is 4.94. The van der Waals surface area contributed by atoms with Crippen LogP contribution in [0.1, 0.15) is 31.9 Å². The van der Waals surface area contributed by atoms with E-state index in [-0.39, 0.29) is 11.9 Å². The van der Waals surface area contributed by atoms with Gasteiger partial charge in [0, 0.05) is 10.9 Å². The Balaban J connectivity index is 1.78. The summed E-state index contributed by atoms with van der Waals surface area (Å²) in [5.74, 6) is 1.94. The predicted molar refractivity (Wildman–Crippen MR) is 115 cm³/mol. The minimum atomic E-state index is -0.597. The number of carbonyl (C=O) groups excluding carboxylic acids is 1. The SMILES string of the molecule is CCC(Oc1cccc2ccccc12)C(=O)NC(C)c1cc(OC)ccc1OC. The molecule has 29 heavy (non-hydrogen) atoms. The highest BCUT2D eigenvalue weighted by molar-refractivity contribution is 5.89. The number of amides is 1. The summed E-state index contributed by atoms with van der Waals surface area (Å²) >= 11 is 0. The van der Waals surface area contributed by atoms with Crippen LogP contribution in [0.3, 0.4) is 0 Å². The lowest BCUT2D eigenvalue weighted by atomic mass is 10.1. The Hall–Kier alpha value is -3.21. The van der Waals surface area contributed by atoms with Gasteiger partial charge in [0.15, 0.2) is 6.10 Å². The molecule has 0 bridgehead atoms. The van der Waals surface area contributed by atoms with Crippen LogP contribution < -0.4 is 19.5 Å². The van der Waals surface area contributed by atoms with Gasteiger partial charge in [-0.25, -0.2) is 0 Å². The van der Waals surface area contributed by atoms with Gasteiger partial charge in [0.2, 0.25) is 0 Å². The minimum Gasteiger partial charge on any atom is -0.497 e. The van der Waals surface area contributed by atoms with Crippen molar-refractivity contribution in [2.45, 2.75) is 32.4 Å². The second kappa shape index (κ2) is 9.32. The van der Waals surface area contributed by atoms with Crippen LogP contribution >= 0.6 is 0 Å². The molecule has 3 rings (SSSR count). The van der Waals surface area contributed by atoms with Crippen LogP contribution in [0, 0.1) is 0 Å². The van der Waals surface area contributed by atoms with Crippen molar-refractivity contribution in [3.8, 4) is 17.2 Å². The zero-order valence-electron chi connectivity index (χ0n) is 17.3. The average molecular weight is 393 g/mol. The first kappa shape index (κ1) is 20.5. The number of hydrogen-bond donors (Lipinski definition) is 1. The van der Waals surface area contributed by atoms with Crippen molar-refractivity contribution in [1.82, 2.24) is 5.32 Å². The number of benzene rings is 3. The average Bonchev–Trinajstić information content (AvgIpc) is 2.76. The molecule has 0 fully saturated rings. The molecule has 0 spiro atoms. The molecule has 0 heterocycles. The number of methoxy groups -OCH3 is 2. The van der Waals surface area contributed by atoms with E-state index in [0.29, 0.717) is 23.7 Å². The standard InChI is InChI=1S/C24H27NO4/c1-5-21(29-23-12-8-10-17-9-6-7-11-19(17)23)24(26)25-16(2)20-15-18(27-3)13-14-22(20)28-4/h6-16,21H,5H2,1-4H3,(H,25,26). The summed E-state index contributed by atoms with van der Waals surface area (Å²) < 4.78 is 16.9. The Morgan fingerprint density at radius 1 is 0.966 bits per heavy atom. The molecule has 0 aliphatic heterocycles. The maximum Gasteiger partial charge on any atom is 0.261 e. The summed E-state index contributed by atoms with van der Waals surface area (Å²) in [5, 5.41) is 5.11. The Bertz CT molecular complexity index is 980. The molecule has 1 amide bonds. The van der Waals surface area contributed by atoms with Crippen LogP contribution in [0.15, 0.2) is 60.7 Å². The molecule has 0 radical (unpaired) electrons. The largest absolute Gasteiger partial charge is 0.497 e. The quantitative estimate of drug-likeness (QED) is 0.592. The van der Waals surface area contributed by atoms with Gasteiger partial charge in [-0.05, 0) is 43.0 Å². The lowest BCUT2D eigenvalue weighted by Crippen LogP contribution is -2.39. The van der Waals surface area contributed by atoms with Gasteiger partial charge < -0.3 is 19.5 Å². The van der Waals surface area contributed by atoms with Crippen LogP contribution in [0.4, 0.5) is 0 Å². The fourth-order valence-electron chi connectivity index (χ4n) is 3.34. The van der Waals surface area contributed by atoms with Gasteiger partial charge in [-0.2, -0.15) is 0 Å². The van der Waals surface area contributed by atoms with E-state index in [1.165, 1.54) is 0 Å². The van der Waals surface area contributed by atoms with Gasteiger partial charge >= 0.3 is 0 Å². The van der Waals surface area contributed by atoms with Crippen molar-refractivity contribution in [1.29, 1.82) is 0 Å². The highest BCUT2D eigenvalue weighted by Gasteiger charge is 2.23. The molecule has 0 aliphatic rings. The van der Waals surface area contributed by atoms with E-state index in [4.69, 9.17) is 14.2 Å². The molecule has 2 atom stereocenters. The van der Waals surface area contributed by atoms with Gasteiger partial charge in [0.25, 0.3) is 5.91 Å². The molecule has 0 aliphatic carbocycles. The van der Waals surface area contributed by atoms with Gasteiger partial charge in [-0.3, -0.25) is 4.79 Å². The molecule has 0 aromatic heterocycles. The van der Waals surface area contributed by atoms with Crippen molar-refractivity contribution in [3.63, 3.8) is 0 Å². The highest BCUT2D eigenvalue weighted by Crippen LogP contribution is 2.30. The van der Waals surface area contributed by atoms with Crippen LogP contribution in [0.25, 0.3) is 10.8 Å².